The van der Waals surface area contributed by atoms with Crippen LogP contribution in [0.25, 0.3) is 0 Å². The lowest BCUT2D eigenvalue weighted by molar-refractivity contribution is 0.0644. The zero-order valence-corrected chi connectivity index (χ0v) is 12.7. The molecule has 1 amide bonds. The van der Waals surface area contributed by atoms with Crippen molar-refractivity contribution in [2.45, 2.75) is 37.8 Å². The summed E-state index contributed by atoms with van der Waals surface area (Å²) in [5, 5.41) is 7.16. The smallest absolute Gasteiger partial charge is 0.295 e. The minimum atomic E-state index is -0.141. The second-order valence-corrected chi connectivity index (χ2v) is 6.06. The normalized spacial score (nSPS) is 24.4. The molecular weight excluding hydrogens is 270 g/mol. The molecule has 1 atom stereocenters. The Labute approximate surface area is 124 Å². The van der Waals surface area contributed by atoms with E-state index in [1.807, 2.05) is 7.05 Å². The van der Waals surface area contributed by atoms with Gasteiger partial charge < -0.3 is 19.6 Å². The Bertz CT molecular complexity index is 489. The third-order valence-corrected chi connectivity index (χ3v) is 4.55. The van der Waals surface area contributed by atoms with Crippen LogP contribution in [0.2, 0.25) is 0 Å². The maximum atomic E-state index is 12.5. The van der Waals surface area contributed by atoms with Crippen molar-refractivity contribution >= 4 is 5.91 Å². The van der Waals surface area contributed by atoms with E-state index in [0.717, 1.165) is 45.3 Å². The number of carbonyl (C=O) groups is 1. The van der Waals surface area contributed by atoms with Crippen molar-refractivity contribution in [3.05, 3.63) is 11.7 Å². The van der Waals surface area contributed by atoms with E-state index in [2.05, 4.69) is 27.4 Å². The van der Waals surface area contributed by atoms with Gasteiger partial charge in [0, 0.05) is 13.1 Å². The molecule has 3 heterocycles. The van der Waals surface area contributed by atoms with E-state index in [4.69, 9.17) is 4.52 Å². The standard InChI is InChI=1S/C14H23N5O2/c1-18-8-5-10(6-9-18)19(2)14(20)12-16-13(21-17-12)11-4-3-7-15-11/h10-11,15H,3-9H2,1-2H3. The fraction of sp³-hybridized carbons (Fsp3) is 0.786. The van der Waals surface area contributed by atoms with Gasteiger partial charge in [-0.1, -0.05) is 5.16 Å². The number of aromatic nitrogens is 2. The SMILES string of the molecule is CN1CCC(N(C)C(=O)c2noc(C3CCCN3)n2)CC1. The highest BCUT2D eigenvalue weighted by Crippen LogP contribution is 2.22. The van der Waals surface area contributed by atoms with Gasteiger partial charge in [0.05, 0.1) is 6.04 Å². The van der Waals surface area contributed by atoms with Crippen LogP contribution in [-0.2, 0) is 0 Å². The first kappa shape index (κ1) is 14.5. The molecule has 0 aromatic carbocycles. The van der Waals surface area contributed by atoms with E-state index in [9.17, 15) is 4.79 Å². The number of nitrogens with zero attached hydrogens (tertiary/aromatic N) is 4. The van der Waals surface area contributed by atoms with Gasteiger partial charge in [0.2, 0.25) is 5.89 Å². The van der Waals surface area contributed by atoms with Gasteiger partial charge in [-0.25, -0.2) is 0 Å². The summed E-state index contributed by atoms with van der Waals surface area (Å²) in [7, 11) is 3.94. The zero-order valence-electron chi connectivity index (χ0n) is 12.7. The highest BCUT2D eigenvalue weighted by atomic mass is 16.5. The number of hydrogen-bond donors (Lipinski definition) is 1. The van der Waals surface area contributed by atoms with Gasteiger partial charge in [-0.3, -0.25) is 4.79 Å². The number of piperidine rings is 1. The molecule has 1 N–H and O–H groups in total. The molecule has 7 nitrogen and oxygen atoms in total. The van der Waals surface area contributed by atoms with E-state index in [1.165, 1.54) is 0 Å². The Morgan fingerprint density at radius 3 is 2.81 bits per heavy atom. The summed E-state index contributed by atoms with van der Waals surface area (Å²) in [5.41, 5.74) is 0. The second kappa shape index (κ2) is 6.11. The summed E-state index contributed by atoms with van der Waals surface area (Å²) in [6, 6.07) is 0.368. The first-order valence-electron chi connectivity index (χ1n) is 7.68. The maximum absolute atomic E-state index is 12.5. The van der Waals surface area contributed by atoms with Crippen LogP contribution in [0.15, 0.2) is 4.52 Å². The molecule has 21 heavy (non-hydrogen) atoms. The van der Waals surface area contributed by atoms with Crippen LogP contribution in [-0.4, -0.2) is 65.6 Å². The molecular formula is C14H23N5O2. The number of carbonyl (C=O) groups excluding carboxylic acids is 1. The Kier molecular flexibility index (Phi) is 4.21. The number of rotatable bonds is 3. The van der Waals surface area contributed by atoms with Crippen LogP contribution < -0.4 is 5.32 Å². The molecule has 7 heteroatoms. The molecule has 2 aliphatic rings. The summed E-state index contributed by atoms with van der Waals surface area (Å²) < 4.78 is 5.24. The van der Waals surface area contributed by atoms with E-state index in [0.29, 0.717) is 5.89 Å². The average molecular weight is 293 g/mol. The number of likely N-dealkylation sites (tertiary alicyclic amines) is 1. The number of nitrogens with one attached hydrogen (secondary N) is 1. The van der Waals surface area contributed by atoms with Crippen molar-refractivity contribution in [3.8, 4) is 0 Å². The molecule has 116 valence electrons. The first-order chi connectivity index (χ1) is 10.1. The molecule has 1 aromatic rings. The Hall–Kier alpha value is -1.47. The molecule has 1 aromatic heterocycles. The lowest BCUT2D eigenvalue weighted by Crippen LogP contribution is -2.44. The lowest BCUT2D eigenvalue weighted by Gasteiger charge is -2.34. The average Bonchev–Trinajstić information content (AvgIpc) is 3.17. The van der Waals surface area contributed by atoms with Crippen LogP contribution >= 0.6 is 0 Å². The van der Waals surface area contributed by atoms with Crippen LogP contribution in [0.4, 0.5) is 0 Å². The van der Waals surface area contributed by atoms with E-state index >= 15 is 0 Å². The molecule has 0 spiro atoms. The van der Waals surface area contributed by atoms with E-state index < -0.39 is 0 Å². The van der Waals surface area contributed by atoms with Gasteiger partial charge in [-0.15, -0.1) is 0 Å². The Morgan fingerprint density at radius 1 is 1.38 bits per heavy atom. The van der Waals surface area contributed by atoms with Crippen LogP contribution in [0, 0.1) is 0 Å². The molecule has 3 rings (SSSR count). The minimum Gasteiger partial charge on any atom is -0.337 e. The van der Waals surface area contributed by atoms with Crippen molar-refractivity contribution in [3.63, 3.8) is 0 Å². The predicted molar refractivity (Wildman–Crippen MR) is 76.9 cm³/mol. The monoisotopic (exact) mass is 293 g/mol. The molecule has 0 bridgehead atoms. The van der Waals surface area contributed by atoms with Gasteiger partial charge in [0.15, 0.2) is 0 Å². The van der Waals surface area contributed by atoms with Crippen molar-refractivity contribution in [2.75, 3.05) is 33.7 Å². The molecule has 0 aliphatic carbocycles. The fourth-order valence-electron chi connectivity index (χ4n) is 3.06. The van der Waals surface area contributed by atoms with Gasteiger partial charge in [0.25, 0.3) is 11.7 Å². The molecule has 1 unspecified atom stereocenters. The van der Waals surface area contributed by atoms with Crippen LogP contribution in [0.5, 0.6) is 0 Å². The Morgan fingerprint density at radius 2 is 2.14 bits per heavy atom. The van der Waals surface area contributed by atoms with Crippen molar-refractivity contribution in [1.82, 2.24) is 25.3 Å². The largest absolute Gasteiger partial charge is 0.337 e. The number of amides is 1. The molecule has 0 radical (unpaired) electrons. The highest BCUT2D eigenvalue weighted by Gasteiger charge is 2.29. The predicted octanol–water partition coefficient (Wildman–Crippen LogP) is 0.660. The van der Waals surface area contributed by atoms with Gasteiger partial charge in [-0.05, 0) is 52.4 Å². The highest BCUT2D eigenvalue weighted by molar-refractivity contribution is 5.90. The summed E-state index contributed by atoms with van der Waals surface area (Å²) in [6.45, 7) is 3.00. The maximum Gasteiger partial charge on any atom is 0.295 e. The second-order valence-electron chi connectivity index (χ2n) is 6.06. The summed E-state index contributed by atoms with van der Waals surface area (Å²) in [4.78, 5) is 20.8. The van der Waals surface area contributed by atoms with Gasteiger partial charge >= 0.3 is 0 Å². The zero-order chi connectivity index (χ0) is 14.8. The van der Waals surface area contributed by atoms with Gasteiger partial charge in [-0.2, -0.15) is 4.98 Å². The molecule has 2 fully saturated rings. The summed E-state index contributed by atoms with van der Waals surface area (Å²) in [6.07, 6.45) is 4.08. The number of hydrogen-bond acceptors (Lipinski definition) is 6. The van der Waals surface area contributed by atoms with Crippen molar-refractivity contribution < 1.29 is 9.32 Å². The lowest BCUT2D eigenvalue weighted by atomic mass is 10.0. The van der Waals surface area contributed by atoms with Gasteiger partial charge in [0.1, 0.15) is 0 Å². The Balaban J connectivity index is 1.64. The topological polar surface area (TPSA) is 74.5 Å². The van der Waals surface area contributed by atoms with Crippen molar-refractivity contribution in [1.29, 1.82) is 0 Å². The minimum absolute atomic E-state index is 0.104. The van der Waals surface area contributed by atoms with E-state index in [1.54, 1.807) is 4.90 Å². The first-order valence-corrected chi connectivity index (χ1v) is 7.68. The molecule has 0 saturated carbocycles. The molecule has 2 aliphatic heterocycles. The quantitative estimate of drug-likeness (QED) is 0.882. The summed E-state index contributed by atoms with van der Waals surface area (Å²) in [5.74, 6) is 0.574. The van der Waals surface area contributed by atoms with Crippen molar-refractivity contribution in [2.24, 2.45) is 0 Å². The molecule has 2 saturated heterocycles. The third-order valence-electron chi connectivity index (χ3n) is 4.55. The van der Waals surface area contributed by atoms with E-state index in [-0.39, 0.29) is 23.8 Å². The third kappa shape index (κ3) is 3.08. The summed E-state index contributed by atoms with van der Waals surface area (Å²) >= 11 is 0. The van der Waals surface area contributed by atoms with Crippen LogP contribution in [0.3, 0.4) is 0 Å². The fourth-order valence-corrected chi connectivity index (χ4v) is 3.06. The van der Waals surface area contributed by atoms with Crippen LogP contribution in [0.1, 0.15) is 48.2 Å².